The van der Waals surface area contributed by atoms with E-state index < -0.39 is 0 Å². The maximum Gasteiger partial charge on any atom is 0.406 e. The molecule has 1 aliphatic heterocycles. The van der Waals surface area contributed by atoms with Gasteiger partial charge < -0.3 is 14.8 Å². The number of rotatable bonds is 3. The van der Waals surface area contributed by atoms with Crippen LogP contribution >= 0.6 is 0 Å². The number of carbonyl (C=O) groups excluding carboxylic acids is 1. The molecule has 1 aromatic rings. The lowest BCUT2D eigenvalue weighted by atomic mass is 9.74. The van der Waals surface area contributed by atoms with E-state index in [1.807, 2.05) is 18.2 Å². The van der Waals surface area contributed by atoms with Crippen LogP contribution < -0.4 is 5.32 Å². The van der Waals surface area contributed by atoms with Crippen molar-refractivity contribution in [1.29, 1.82) is 0 Å². The van der Waals surface area contributed by atoms with Crippen molar-refractivity contribution in [3.8, 4) is 0 Å². The van der Waals surface area contributed by atoms with E-state index in [0.717, 1.165) is 26.1 Å². The van der Waals surface area contributed by atoms with E-state index in [1.165, 1.54) is 12.7 Å². The van der Waals surface area contributed by atoms with Crippen LogP contribution in [0, 0.1) is 0 Å². The van der Waals surface area contributed by atoms with E-state index in [1.54, 1.807) is 0 Å². The topological polar surface area (TPSA) is 47.6 Å². The van der Waals surface area contributed by atoms with Crippen LogP contribution in [0.25, 0.3) is 0 Å². The summed E-state index contributed by atoms with van der Waals surface area (Å²) < 4.78 is 10.1. The first-order valence-corrected chi connectivity index (χ1v) is 6.22. The molecule has 0 atom stereocenters. The number of alkyl carbamates (subject to hydrolysis) is 1. The predicted octanol–water partition coefficient (Wildman–Crippen LogP) is 2.09. The zero-order valence-corrected chi connectivity index (χ0v) is 10.6. The van der Waals surface area contributed by atoms with Crippen LogP contribution in [0.1, 0.15) is 18.4 Å². The van der Waals surface area contributed by atoms with Crippen molar-refractivity contribution in [2.24, 2.45) is 0 Å². The largest absolute Gasteiger partial charge is 0.453 e. The molecule has 1 heterocycles. The van der Waals surface area contributed by atoms with E-state index in [-0.39, 0.29) is 11.5 Å². The normalized spacial score (nSPS) is 18.1. The Hall–Kier alpha value is -1.55. The molecule has 0 unspecified atom stereocenters. The van der Waals surface area contributed by atoms with E-state index in [0.29, 0.717) is 6.54 Å². The van der Waals surface area contributed by atoms with Gasteiger partial charge in [0.25, 0.3) is 0 Å². The second kappa shape index (κ2) is 5.87. The maximum absolute atomic E-state index is 11.3. The van der Waals surface area contributed by atoms with E-state index in [4.69, 9.17) is 4.74 Å². The first kappa shape index (κ1) is 12.9. The summed E-state index contributed by atoms with van der Waals surface area (Å²) in [4.78, 5) is 11.3. The van der Waals surface area contributed by atoms with Crippen molar-refractivity contribution < 1.29 is 14.3 Å². The van der Waals surface area contributed by atoms with Gasteiger partial charge >= 0.3 is 6.09 Å². The van der Waals surface area contributed by atoms with E-state index in [9.17, 15) is 4.79 Å². The monoisotopic (exact) mass is 249 g/mol. The molecule has 2 rings (SSSR count). The molecule has 1 aromatic carbocycles. The molecule has 0 bridgehead atoms. The highest BCUT2D eigenvalue weighted by Gasteiger charge is 2.34. The number of hydrogen-bond donors (Lipinski definition) is 1. The second-order valence-electron chi connectivity index (χ2n) is 4.60. The third-order valence-corrected chi connectivity index (χ3v) is 3.59. The highest BCUT2D eigenvalue weighted by Crippen LogP contribution is 2.34. The average Bonchev–Trinajstić information content (AvgIpc) is 2.46. The molecule has 98 valence electrons. The van der Waals surface area contributed by atoms with Gasteiger partial charge in [0.2, 0.25) is 0 Å². The summed E-state index contributed by atoms with van der Waals surface area (Å²) in [5, 5.41) is 2.82. The van der Waals surface area contributed by atoms with Gasteiger partial charge in [0, 0.05) is 25.2 Å². The zero-order valence-electron chi connectivity index (χ0n) is 10.6. The van der Waals surface area contributed by atoms with Crippen molar-refractivity contribution in [3.05, 3.63) is 35.9 Å². The first-order valence-electron chi connectivity index (χ1n) is 6.22. The number of nitrogens with one attached hydrogen (secondary N) is 1. The average molecular weight is 249 g/mol. The van der Waals surface area contributed by atoms with E-state index >= 15 is 0 Å². The highest BCUT2D eigenvalue weighted by molar-refractivity contribution is 5.67. The molecule has 4 nitrogen and oxygen atoms in total. The Labute approximate surface area is 107 Å². The van der Waals surface area contributed by atoms with Crippen LogP contribution in [-0.2, 0) is 14.9 Å². The fourth-order valence-electron chi connectivity index (χ4n) is 2.43. The minimum absolute atomic E-state index is 0.0340. The number of hydrogen-bond acceptors (Lipinski definition) is 3. The molecule has 1 aliphatic rings. The summed E-state index contributed by atoms with van der Waals surface area (Å²) in [7, 11) is 1.38. The summed E-state index contributed by atoms with van der Waals surface area (Å²) >= 11 is 0. The van der Waals surface area contributed by atoms with Crippen LogP contribution in [0.3, 0.4) is 0 Å². The molecular weight excluding hydrogens is 230 g/mol. The molecule has 1 amide bonds. The van der Waals surface area contributed by atoms with Gasteiger partial charge in [0.15, 0.2) is 0 Å². The summed E-state index contributed by atoms with van der Waals surface area (Å²) in [5.74, 6) is 0. The van der Waals surface area contributed by atoms with Crippen LogP contribution in [0.4, 0.5) is 4.79 Å². The van der Waals surface area contributed by atoms with Gasteiger partial charge in [-0.2, -0.15) is 0 Å². The molecule has 4 heteroatoms. The van der Waals surface area contributed by atoms with E-state index in [2.05, 4.69) is 22.2 Å². The van der Waals surface area contributed by atoms with Crippen molar-refractivity contribution in [1.82, 2.24) is 5.32 Å². The number of ether oxygens (including phenoxy) is 2. The third-order valence-electron chi connectivity index (χ3n) is 3.59. The Morgan fingerprint density at radius 1 is 1.33 bits per heavy atom. The Balaban J connectivity index is 2.15. The first-order chi connectivity index (χ1) is 8.77. The molecule has 0 radical (unpaired) electrons. The number of benzene rings is 1. The summed E-state index contributed by atoms with van der Waals surface area (Å²) in [6, 6.07) is 10.3. The zero-order chi connectivity index (χ0) is 12.8. The molecule has 18 heavy (non-hydrogen) atoms. The molecule has 1 N–H and O–H groups in total. The van der Waals surface area contributed by atoms with Gasteiger partial charge in [-0.15, -0.1) is 0 Å². The van der Waals surface area contributed by atoms with Gasteiger partial charge in [0.1, 0.15) is 0 Å². The standard InChI is InChI=1S/C14H19NO3/c1-17-13(16)15-11-14(7-9-18-10-8-14)12-5-3-2-4-6-12/h2-6H,7-11H2,1H3,(H,15,16). The van der Waals surface area contributed by atoms with Crippen LogP contribution in [0.5, 0.6) is 0 Å². The summed E-state index contributed by atoms with van der Waals surface area (Å²) in [6.07, 6.45) is 1.46. The van der Waals surface area contributed by atoms with Gasteiger partial charge in [0.05, 0.1) is 7.11 Å². The minimum atomic E-state index is -0.378. The Morgan fingerprint density at radius 2 is 2.00 bits per heavy atom. The lowest BCUT2D eigenvalue weighted by Crippen LogP contribution is -2.44. The SMILES string of the molecule is COC(=O)NCC1(c2ccccc2)CCOCC1. The number of amides is 1. The van der Waals surface area contributed by atoms with Crippen molar-refractivity contribution >= 4 is 6.09 Å². The van der Waals surface area contributed by atoms with Crippen molar-refractivity contribution in [2.75, 3.05) is 26.9 Å². The second-order valence-corrected chi connectivity index (χ2v) is 4.60. The Morgan fingerprint density at radius 3 is 2.61 bits per heavy atom. The third kappa shape index (κ3) is 2.82. The van der Waals surface area contributed by atoms with Gasteiger partial charge in [-0.1, -0.05) is 30.3 Å². The summed E-state index contributed by atoms with van der Waals surface area (Å²) in [6.45, 7) is 2.06. The van der Waals surface area contributed by atoms with Crippen molar-refractivity contribution in [3.63, 3.8) is 0 Å². The predicted molar refractivity (Wildman–Crippen MR) is 68.6 cm³/mol. The summed E-state index contributed by atoms with van der Waals surface area (Å²) in [5.41, 5.74) is 1.22. The molecular formula is C14H19NO3. The van der Waals surface area contributed by atoms with Gasteiger partial charge in [-0.25, -0.2) is 4.79 Å². The lowest BCUT2D eigenvalue weighted by molar-refractivity contribution is 0.0494. The number of carbonyl (C=O) groups is 1. The number of methoxy groups -OCH3 is 1. The van der Waals surface area contributed by atoms with Crippen LogP contribution in [-0.4, -0.2) is 33.0 Å². The van der Waals surface area contributed by atoms with Gasteiger partial charge in [-0.05, 0) is 18.4 Å². The fourth-order valence-corrected chi connectivity index (χ4v) is 2.43. The van der Waals surface area contributed by atoms with Crippen molar-refractivity contribution in [2.45, 2.75) is 18.3 Å². The molecule has 0 saturated carbocycles. The van der Waals surface area contributed by atoms with Crippen LogP contribution in [0.2, 0.25) is 0 Å². The van der Waals surface area contributed by atoms with Crippen LogP contribution in [0.15, 0.2) is 30.3 Å². The maximum atomic E-state index is 11.3. The molecule has 0 aliphatic carbocycles. The molecule has 1 saturated heterocycles. The minimum Gasteiger partial charge on any atom is -0.453 e. The Kier molecular flexibility index (Phi) is 4.20. The lowest BCUT2D eigenvalue weighted by Gasteiger charge is -2.37. The fraction of sp³-hybridized carbons (Fsp3) is 0.500. The Bertz CT molecular complexity index is 385. The highest BCUT2D eigenvalue weighted by atomic mass is 16.5. The van der Waals surface area contributed by atoms with Gasteiger partial charge in [-0.3, -0.25) is 0 Å². The quantitative estimate of drug-likeness (QED) is 0.892. The smallest absolute Gasteiger partial charge is 0.406 e. The molecule has 0 aromatic heterocycles. The molecule has 1 fully saturated rings. The molecule has 0 spiro atoms.